The van der Waals surface area contributed by atoms with Crippen LogP contribution in [0, 0.1) is 6.92 Å². The van der Waals surface area contributed by atoms with Gasteiger partial charge in [-0.25, -0.2) is 4.79 Å². The molecule has 3 heteroatoms. The van der Waals surface area contributed by atoms with Gasteiger partial charge in [0.2, 0.25) is 0 Å². The zero-order valence-corrected chi connectivity index (χ0v) is 8.66. The second-order valence-corrected chi connectivity index (χ2v) is 2.17. The van der Waals surface area contributed by atoms with Crippen LogP contribution in [0.5, 0.6) is 0 Å². The van der Waals surface area contributed by atoms with Crippen molar-refractivity contribution in [2.24, 2.45) is 0 Å². The summed E-state index contributed by atoms with van der Waals surface area (Å²) in [5, 5.41) is 8.48. The summed E-state index contributed by atoms with van der Waals surface area (Å²) in [7, 11) is 0. The van der Waals surface area contributed by atoms with E-state index in [0.29, 0.717) is 5.56 Å². The number of rotatable bonds is 1. The van der Waals surface area contributed by atoms with Crippen molar-refractivity contribution in [1.29, 1.82) is 0 Å². The number of hydrogen-bond acceptors (Lipinski definition) is 1. The molecule has 1 radical (unpaired) electrons. The second kappa shape index (κ2) is 4.54. The minimum atomic E-state index is -0.875. The van der Waals surface area contributed by atoms with Crippen LogP contribution in [-0.2, 0) is 0 Å². The van der Waals surface area contributed by atoms with E-state index in [9.17, 15) is 4.79 Å². The molecule has 0 fully saturated rings. The fourth-order valence-electron chi connectivity index (χ4n) is 0.696. The van der Waals surface area contributed by atoms with E-state index < -0.39 is 5.97 Å². The first-order valence-electron chi connectivity index (χ1n) is 3.00. The first-order valence-corrected chi connectivity index (χ1v) is 3.00. The SMILES string of the molecule is Cc1ccc(C(=O)O)cc1.[Na]. The van der Waals surface area contributed by atoms with Gasteiger partial charge < -0.3 is 5.11 Å². The van der Waals surface area contributed by atoms with Gasteiger partial charge in [-0.3, -0.25) is 0 Å². The maximum atomic E-state index is 10.3. The number of aromatic carboxylic acids is 1. The third-order valence-electron chi connectivity index (χ3n) is 1.30. The van der Waals surface area contributed by atoms with Crippen LogP contribution >= 0.6 is 0 Å². The maximum absolute atomic E-state index is 10.3. The largest absolute Gasteiger partial charge is 0.478 e. The van der Waals surface area contributed by atoms with Crippen LogP contribution in [0.25, 0.3) is 0 Å². The molecule has 0 aliphatic heterocycles. The molecule has 1 aromatic carbocycles. The molecule has 11 heavy (non-hydrogen) atoms. The number of aryl methyl sites for hydroxylation is 1. The van der Waals surface area contributed by atoms with Gasteiger partial charge >= 0.3 is 5.97 Å². The van der Waals surface area contributed by atoms with Crippen molar-refractivity contribution in [3.63, 3.8) is 0 Å². The molecule has 0 unspecified atom stereocenters. The number of carboxylic acids is 1. The van der Waals surface area contributed by atoms with Crippen molar-refractivity contribution in [2.45, 2.75) is 6.92 Å². The molecule has 0 aromatic heterocycles. The van der Waals surface area contributed by atoms with Crippen LogP contribution in [0.4, 0.5) is 0 Å². The van der Waals surface area contributed by atoms with Gasteiger partial charge in [0, 0.05) is 29.6 Å². The molecule has 0 bridgehead atoms. The molecular formula is C8H8NaO2. The molecule has 0 saturated heterocycles. The zero-order valence-electron chi connectivity index (χ0n) is 6.66. The summed E-state index contributed by atoms with van der Waals surface area (Å²) in [6, 6.07) is 6.75. The second-order valence-electron chi connectivity index (χ2n) is 2.17. The minimum Gasteiger partial charge on any atom is -0.478 e. The molecule has 1 aromatic rings. The zero-order chi connectivity index (χ0) is 7.56. The third kappa shape index (κ3) is 3.06. The van der Waals surface area contributed by atoms with Crippen molar-refractivity contribution in [3.05, 3.63) is 35.4 Å². The van der Waals surface area contributed by atoms with Crippen molar-refractivity contribution in [3.8, 4) is 0 Å². The van der Waals surface area contributed by atoms with Crippen molar-refractivity contribution in [2.75, 3.05) is 0 Å². The van der Waals surface area contributed by atoms with Crippen molar-refractivity contribution in [1.82, 2.24) is 0 Å². The fraction of sp³-hybridized carbons (Fsp3) is 0.125. The van der Waals surface area contributed by atoms with Crippen LogP contribution in [0.15, 0.2) is 24.3 Å². The first kappa shape index (κ1) is 10.7. The number of benzene rings is 1. The summed E-state index contributed by atoms with van der Waals surface area (Å²) in [6.45, 7) is 1.92. The number of hydrogen-bond donors (Lipinski definition) is 1. The Kier molecular flexibility index (Phi) is 4.42. The van der Waals surface area contributed by atoms with E-state index in [4.69, 9.17) is 5.11 Å². The Bertz CT molecular complexity index is 241. The van der Waals surface area contributed by atoms with Gasteiger partial charge in [-0.05, 0) is 19.1 Å². The van der Waals surface area contributed by atoms with Crippen LogP contribution < -0.4 is 0 Å². The monoisotopic (exact) mass is 159 g/mol. The van der Waals surface area contributed by atoms with Gasteiger partial charge in [0.25, 0.3) is 0 Å². The van der Waals surface area contributed by atoms with Crippen LogP contribution in [-0.4, -0.2) is 40.6 Å². The Balaban J connectivity index is 0.000001000. The van der Waals surface area contributed by atoms with Crippen molar-refractivity contribution < 1.29 is 9.90 Å². The molecule has 0 aliphatic rings. The van der Waals surface area contributed by atoms with E-state index in [1.165, 1.54) is 0 Å². The normalized spacial score (nSPS) is 8.45. The first-order chi connectivity index (χ1) is 4.70. The topological polar surface area (TPSA) is 37.3 Å². The quantitative estimate of drug-likeness (QED) is 0.627. The fourth-order valence-corrected chi connectivity index (χ4v) is 0.696. The Labute approximate surface area is 87.5 Å². The predicted octanol–water partition coefficient (Wildman–Crippen LogP) is 1.31. The van der Waals surface area contributed by atoms with E-state index in [2.05, 4.69) is 0 Å². The van der Waals surface area contributed by atoms with Crippen LogP contribution in [0.1, 0.15) is 15.9 Å². The maximum Gasteiger partial charge on any atom is 0.335 e. The predicted molar refractivity (Wildman–Crippen MR) is 43.9 cm³/mol. The molecule has 2 nitrogen and oxygen atoms in total. The van der Waals surface area contributed by atoms with Gasteiger partial charge in [0.15, 0.2) is 0 Å². The Morgan fingerprint density at radius 3 is 2.09 bits per heavy atom. The van der Waals surface area contributed by atoms with E-state index in [1.807, 2.05) is 6.92 Å². The minimum absolute atomic E-state index is 0. The molecule has 0 aliphatic carbocycles. The Morgan fingerprint density at radius 2 is 1.73 bits per heavy atom. The smallest absolute Gasteiger partial charge is 0.335 e. The molecule has 0 atom stereocenters. The van der Waals surface area contributed by atoms with E-state index >= 15 is 0 Å². The van der Waals surface area contributed by atoms with Crippen LogP contribution in [0.3, 0.4) is 0 Å². The average molecular weight is 159 g/mol. The molecular weight excluding hydrogens is 151 g/mol. The van der Waals surface area contributed by atoms with E-state index in [-0.39, 0.29) is 29.6 Å². The average Bonchev–Trinajstić information content (AvgIpc) is 1.88. The van der Waals surface area contributed by atoms with Gasteiger partial charge in [0.05, 0.1) is 5.56 Å². The summed E-state index contributed by atoms with van der Waals surface area (Å²) < 4.78 is 0. The van der Waals surface area contributed by atoms with Crippen LogP contribution in [0.2, 0.25) is 0 Å². The molecule has 0 saturated carbocycles. The van der Waals surface area contributed by atoms with E-state index in [1.54, 1.807) is 24.3 Å². The molecule has 0 heterocycles. The summed E-state index contributed by atoms with van der Waals surface area (Å²) >= 11 is 0. The molecule has 1 rings (SSSR count). The van der Waals surface area contributed by atoms with Gasteiger partial charge in [0.1, 0.15) is 0 Å². The van der Waals surface area contributed by atoms with Gasteiger partial charge in [-0.1, -0.05) is 17.7 Å². The van der Waals surface area contributed by atoms with Gasteiger partial charge in [-0.15, -0.1) is 0 Å². The summed E-state index contributed by atoms with van der Waals surface area (Å²) in [5.74, 6) is -0.875. The Morgan fingerprint density at radius 1 is 1.27 bits per heavy atom. The summed E-state index contributed by atoms with van der Waals surface area (Å²) in [6.07, 6.45) is 0. The van der Waals surface area contributed by atoms with Crippen molar-refractivity contribution >= 4 is 35.5 Å². The molecule has 1 N–H and O–H groups in total. The summed E-state index contributed by atoms with van der Waals surface area (Å²) in [4.78, 5) is 10.3. The van der Waals surface area contributed by atoms with E-state index in [0.717, 1.165) is 5.56 Å². The van der Waals surface area contributed by atoms with Gasteiger partial charge in [-0.2, -0.15) is 0 Å². The number of carboxylic acid groups (broad SMARTS) is 1. The molecule has 0 amide bonds. The molecule has 0 spiro atoms. The third-order valence-corrected chi connectivity index (χ3v) is 1.30. The summed E-state index contributed by atoms with van der Waals surface area (Å²) in [5.41, 5.74) is 1.41. The standard InChI is InChI=1S/C8H8O2.Na/c1-6-2-4-7(5-3-6)8(9)10;/h2-5H,1H3,(H,9,10);. The number of carbonyl (C=O) groups is 1. The Hall–Kier alpha value is -0.310. The molecule has 53 valence electrons.